The van der Waals surface area contributed by atoms with Crippen LogP contribution in [0.4, 0.5) is 0 Å². The van der Waals surface area contributed by atoms with E-state index in [9.17, 15) is 0 Å². The van der Waals surface area contributed by atoms with Crippen molar-refractivity contribution in [2.45, 2.75) is 70.6 Å². The molecule has 138 valence electrons. The van der Waals surface area contributed by atoms with Gasteiger partial charge in [0.1, 0.15) is 0 Å². The van der Waals surface area contributed by atoms with Crippen molar-refractivity contribution in [1.29, 1.82) is 0 Å². The summed E-state index contributed by atoms with van der Waals surface area (Å²) in [4.78, 5) is 0. The van der Waals surface area contributed by atoms with Crippen LogP contribution in [0.2, 0.25) is 0 Å². The van der Waals surface area contributed by atoms with Crippen molar-refractivity contribution in [1.82, 2.24) is 0 Å². The Balaban J connectivity index is 1.92. The number of rotatable bonds is 8. The quantitative estimate of drug-likeness (QED) is 0.361. The van der Waals surface area contributed by atoms with Gasteiger partial charge >= 0.3 is 0 Å². The molecule has 0 bridgehead atoms. The molecule has 0 heteroatoms. The van der Waals surface area contributed by atoms with Crippen molar-refractivity contribution >= 4 is 10.8 Å². The highest BCUT2D eigenvalue weighted by Gasteiger charge is 2.42. The van der Waals surface area contributed by atoms with Crippen molar-refractivity contribution in [3.63, 3.8) is 0 Å². The molecule has 1 aliphatic carbocycles. The summed E-state index contributed by atoms with van der Waals surface area (Å²) in [5.41, 5.74) is 6.07. The fourth-order valence-electron chi connectivity index (χ4n) is 5.07. The van der Waals surface area contributed by atoms with Gasteiger partial charge in [-0.3, -0.25) is 0 Å². The predicted octanol–water partition coefficient (Wildman–Crippen LogP) is 7.87. The fourth-order valence-corrected chi connectivity index (χ4v) is 5.07. The van der Waals surface area contributed by atoms with Gasteiger partial charge in [0.2, 0.25) is 0 Å². The van der Waals surface area contributed by atoms with Gasteiger partial charge in [0.25, 0.3) is 0 Å². The Bertz CT molecular complexity index is 908. The van der Waals surface area contributed by atoms with Crippen LogP contribution in [-0.2, 0) is 5.41 Å². The molecule has 1 aliphatic rings. The molecular weight excluding hydrogens is 324 g/mol. The topological polar surface area (TPSA) is 0 Å². The van der Waals surface area contributed by atoms with Gasteiger partial charge in [0.15, 0.2) is 0 Å². The van der Waals surface area contributed by atoms with Crippen molar-refractivity contribution in [2.75, 3.05) is 0 Å². The third kappa shape index (κ3) is 3.10. The van der Waals surface area contributed by atoms with Crippen LogP contribution in [0.1, 0.15) is 76.3 Å². The first-order chi connectivity index (χ1) is 13.3. The normalized spacial score (nSPS) is 14.3. The molecule has 0 saturated carbocycles. The lowest BCUT2D eigenvalue weighted by atomic mass is 9.70. The number of unbranched alkanes of at least 4 members (excludes halogenated alkanes) is 4. The van der Waals surface area contributed by atoms with Crippen LogP contribution in [0.5, 0.6) is 0 Å². The Kier molecular flexibility index (Phi) is 5.34. The molecule has 0 N–H and O–H groups in total. The summed E-state index contributed by atoms with van der Waals surface area (Å²) in [5.74, 6) is 0. The molecule has 0 aromatic heterocycles. The maximum atomic E-state index is 3.61. The minimum absolute atomic E-state index is 0.146. The maximum absolute atomic E-state index is 3.61. The third-order valence-electron chi connectivity index (χ3n) is 6.42. The van der Waals surface area contributed by atoms with Crippen molar-refractivity contribution in [3.05, 3.63) is 71.8 Å². The summed E-state index contributed by atoms with van der Waals surface area (Å²) >= 11 is 0. The van der Waals surface area contributed by atoms with E-state index in [1.165, 1.54) is 84.4 Å². The first kappa shape index (κ1) is 18.3. The largest absolute Gasteiger partial charge is 0.0654 e. The van der Waals surface area contributed by atoms with Crippen LogP contribution >= 0.6 is 0 Å². The van der Waals surface area contributed by atoms with E-state index in [0.717, 1.165) is 0 Å². The fraction of sp³-hybridized carbons (Fsp3) is 0.407. The van der Waals surface area contributed by atoms with Gasteiger partial charge in [0, 0.05) is 5.41 Å². The average molecular weight is 355 g/mol. The van der Waals surface area contributed by atoms with Crippen molar-refractivity contribution in [2.24, 2.45) is 0 Å². The van der Waals surface area contributed by atoms with Crippen LogP contribution < -0.4 is 0 Å². The minimum Gasteiger partial charge on any atom is -0.0654 e. The molecule has 0 aliphatic heterocycles. The van der Waals surface area contributed by atoms with E-state index >= 15 is 0 Å². The summed E-state index contributed by atoms with van der Waals surface area (Å²) in [6, 6.07) is 24.7. The van der Waals surface area contributed by atoms with Crippen LogP contribution in [0, 0.1) is 12.1 Å². The molecule has 0 nitrogen and oxygen atoms in total. The number of hydrogen-bond donors (Lipinski definition) is 0. The smallest absolute Gasteiger partial charge is 0.0215 e. The van der Waals surface area contributed by atoms with Gasteiger partial charge in [0.05, 0.1) is 0 Å². The molecular formula is C27H30. The highest BCUT2D eigenvalue weighted by molar-refractivity contribution is 6.02. The summed E-state index contributed by atoms with van der Waals surface area (Å²) in [7, 11) is 0. The molecule has 0 atom stereocenters. The van der Waals surface area contributed by atoms with Crippen molar-refractivity contribution in [3.8, 4) is 11.1 Å². The lowest BCUT2D eigenvalue weighted by molar-refractivity contribution is 0.405. The van der Waals surface area contributed by atoms with Crippen LogP contribution in [0.15, 0.2) is 48.5 Å². The zero-order chi connectivity index (χ0) is 18.7. The molecule has 27 heavy (non-hydrogen) atoms. The second kappa shape index (κ2) is 7.89. The summed E-state index contributed by atoms with van der Waals surface area (Å²) in [6.07, 6.45) is 10.3. The van der Waals surface area contributed by atoms with Gasteiger partial charge in [-0.15, -0.1) is 0 Å². The van der Waals surface area contributed by atoms with E-state index in [1.807, 2.05) is 0 Å². The number of fused-ring (bicyclic) bond motifs is 5. The highest BCUT2D eigenvalue weighted by atomic mass is 14.4. The van der Waals surface area contributed by atoms with E-state index in [0.29, 0.717) is 0 Å². The SMILES string of the molecule is CCCCCC1(CCCCC)c2c[c]ccc2-c2c1c[c]c1ccccc21. The van der Waals surface area contributed by atoms with E-state index < -0.39 is 0 Å². The Labute approximate surface area is 164 Å². The van der Waals surface area contributed by atoms with E-state index in [4.69, 9.17) is 0 Å². The zero-order valence-corrected chi connectivity index (χ0v) is 16.8. The Morgan fingerprint density at radius 1 is 0.815 bits per heavy atom. The minimum atomic E-state index is 0.146. The van der Waals surface area contributed by atoms with Gasteiger partial charge in [-0.05, 0) is 70.1 Å². The second-order valence-electron chi connectivity index (χ2n) is 8.09. The van der Waals surface area contributed by atoms with E-state index in [-0.39, 0.29) is 5.41 Å². The first-order valence-corrected chi connectivity index (χ1v) is 10.8. The molecule has 3 aromatic carbocycles. The molecule has 0 saturated heterocycles. The number of benzene rings is 3. The predicted molar refractivity (Wildman–Crippen MR) is 116 cm³/mol. The summed E-state index contributed by atoms with van der Waals surface area (Å²) < 4.78 is 0. The lowest BCUT2D eigenvalue weighted by Crippen LogP contribution is -2.25. The van der Waals surface area contributed by atoms with Crippen LogP contribution in [0.25, 0.3) is 21.9 Å². The van der Waals surface area contributed by atoms with Crippen LogP contribution in [0.3, 0.4) is 0 Å². The number of hydrogen-bond acceptors (Lipinski definition) is 0. The Morgan fingerprint density at radius 3 is 2.30 bits per heavy atom. The van der Waals surface area contributed by atoms with Gasteiger partial charge in [-0.2, -0.15) is 0 Å². The van der Waals surface area contributed by atoms with Gasteiger partial charge < -0.3 is 0 Å². The molecule has 2 radical (unpaired) electrons. The molecule has 0 amide bonds. The highest BCUT2D eigenvalue weighted by Crippen LogP contribution is 2.55. The van der Waals surface area contributed by atoms with E-state index in [1.54, 1.807) is 0 Å². The summed E-state index contributed by atoms with van der Waals surface area (Å²) in [6.45, 7) is 4.60. The molecule has 0 spiro atoms. The second-order valence-corrected chi connectivity index (χ2v) is 8.09. The third-order valence-corrected chi connectivity index (χ3v) is 6.42. The van der Waals surface area contributed by atoms with E-state index in [2.05, 4.69) is 74.5 Å². The average Bonchev–Trinajstić information content (AvgIpc) is 2.99. The molecule has 3 aromatic rings. The Morgan fingerprint density at radius 2 is 1.56 bits per heavy atom. The van der Waals surface area contributed by atoms with Gasteiger partial charge in [-0.1, -0.05) is 88.8 Å². The maximum Gasteiger partial charge on any atom is 0.0215 e. The molecule has 0 heterocycles. The lowest BCUT2D eigenvalue weighted by Gasteiger charge is -2.33. The standard InChI is InChI=1S/C27H30/c1-3-5-11-19-27(20-12-6-4-2)24-16-10-9-15-23(24)26-22-14-8-7-13-21(22)17-18-25(26)27/h7-9,13-16,18H,3-6,11-12,19-20H2,1-2H3. The molecule has 0 fully saturated rings. The van der Waals surface area contributed by atoms with Gasteiger partial charge in [-0.25, -0.2) is 0 Å². The van der Waals surface area contributed by atoms with Crippen molar-refractivity contribution < 1.29 is 0 Å². The van der Waals surface area contributed by atoms with Crippen LogP contribution in [-0.4, -0.2) is 0 Å². The zero-order valence-electron chi connectivity index (χ0n) is 16.8. The Hall–Kier alpha value is -2.08. The summed E-state index contributed by atoms with van der Waals surface area (Å²) in [5, 5.41) is 2.59. The molecule has 4 rings (SSSR count). The molecule has 0 unspecified atom stereocenters. The monoisotopic (exact) mass is 354 g/mol. The first-order valence-electron chi connectivity index (χ1n) is 10.8.